The lowest BCUT2D eigenvalue weighted by Gasteiger charge is -2.03. The Morgan fingerprint density at radius 3 is 2.46 bits per heavy atom. The van der Waals surface area contributed by atoms with Gasteiger partial charge in [0.15, 0.2) is 0 Å². The Hall–Kier alpha value is -3.17. The number of rotatable bonds is 5. The average Bonchev–Trinajstić information content (AvgIpc) is 3.22. The van der Waals surface area contributed by atoms with Crippen molar-refractivity contribution < 1.29 is 27.6 Å². The van der Waals surface area contributed by atoms with Crippen LogP contribution in [0.3, 0.4) is 0 Å². The number of benzene rings is 1. The molecule has 1 aromatic carbocycles. The third-order valence-electron chi connectivity index (χ3n) is 3.63. The van der Waals surface area contributed by atoms with Gasteiger partial charge >= 0.3 is 18.0 Å². The maximum absolute atomic E-state index is 12.5. The molecular weight excluding hydrogens is 353 g/mol. The van der Waals surface area contributed by atoms with Crippen LogP contribution < -0.4 is 0 Å². The standard InChI is InChI=1S/C16H13F3N4O3/c1-2-12-11(14(24)25)8-23(21-12)7-9-3-5-10(6-4-9)13-20-15(26-22-13)16(17,18)19/h3-6,8H,2,7H2,1H3,(H,24,25). The molecule has 0 radical (unpaired) electrons. The van der Waals surface area contributed by atoms with Gasteiger partial charge in [-0.15, -0.1) is 0 Å². The van der Waals surface area contributed by atoms with E-state index in [9.17, 15) is 18.0 Å². The molecule has 0 aliphatic rings. The zero-order chi connectivity index (χ0) is 18.9. The Morgan fingerprint density at radius 1 is 1.27 bits per heavy atom. The van der Waals surface area contributed by atoms with Gasteiger partial charge in [-0.05, 0) is 12.0 Å². The molecule has 3 rings (SSSR count). The van der Waals surface area contributed by atoms with Crippen LogP contribution in [0.5, 0.6) is 0 Å². The molecule has 0 atom stereocenters. The molecule has 136 valence electrons. The molecule has 0 saturated heterocycles. The van der Waals surface area contributed by atoms with Crippen LogP contribution in [0.15, 0.2) is 35.0 Å². The highest BCUT2D eigenvalue weighted by Gasteiger charge is 2.38. The van der Waals surface area contributed by atoms with E-state index in [2.05, 4.69) is 19.8 Å². The van der Waals surface area contributed by atoms with Crippen LogP contribution in [-0.2, 0) is 19.1 Å². The van der Waals surface area contributed by atoms with Gasteiger partial charge in [0, 0.05) is 11.8 Å². The van der Waals surface area contributed by atoms with Gasteiger partial charge < -0.3 is 9.63 Å². The van der Waals surface area contributed by atoms with Crippen molar-refractivity contribution in [1.82, 2.24) is 19.9 Å². The average molecular weight is 366 g/mol. The molecule has 0 aliphatic heterocycles. The van der Waals surface area contributed by atoms with Crippen LogP contribution in [-0.4, -0.2) is 31.0 Å². The van der Waals surface area contributed by atoms with Crippen LogP contribution in [0.2, 0.25) is 0 Å². The van der Waals surface area contributed by atoms with Crippen molar-refractivity contribution in [2.45, 2.75) is 26.1 Å². The van der Waals surface area contributed by atoms with Gasteiger partial charge in [0.2, 0.25) is 5.82 Å². The van der Waals surface area contributed by atoms with Crippen LogP contribution in [0.4, 0.5) is 13.2 Å². The number of aromatic carboxylic acids is 1. The summed E-state index contributed by atoms with van der Waals surface area (Å²) in [6.07, 6.45) is -2.75. The largest absolute Gasteiger partial charge is 0.478 e. The molecule has 3 aromatic rings. The number of nitrogens with zero attached hydrogens (tertiary/aromatic N) is 4. The summed E-state index contributed by atoms with van der Waals surface area (Å²) in [5, 5.41) is 16.7. The van der Waals surface area contributed by atoms with Crippen LogP contribution in [0.1, 0.15) is 34.4 Å². The summed E-state index contributed by atoms with van der Waals surface area (Å²) in [6, 6.07) is 6.46. The number of carbonyl (C=O) groups is 1. The first-order valence-electron chi connectivity index (χ1n) is 7.57. The maximum atomic E-state index is 12.5. The number of aryl methyl sites for hydroxylation is 1. The summed E-state index contributed by atoms with van der Waals surface area (Å²) in [7, 11) is 0. The molecule has 0 bridgehead atoms. The smallest absolute Gasteiger partial charge is 0.471 e. The number of halogens is 3. The van der Waals surface area contributed by atoms with Crippen molar-refractivity contribution in [3.63, 3.8) is 0 Å². The third kappa shape index (κ3) is 3.58. The summed E-state index contributed by atoms with van der Waals surface area (Å²) in [5.41, 5.74) is 1.79. The first kappa shape index (κ1) is 17.6. The monoisotopic (exact) mass is 366 g/mol. The molecule has 0 fully saturated rings. The quantitative estimate of drug-likeness (QED) is 0.745. The van der Waals surface area contributed by atoms with Gasteiger partial charge in [-0.3, -0.25) is 4.68 Å². The fourth-order valence-corrected chi connectivity index (χ4v) is 2.38. The first-order valence-corrected chi connectivity index (χ1v) is 7.57. The second kappa shape index (κ2) is 6.62. The third-order valence-corrected chi connectivity index (χ3v) is 3.63. The minimum absolute atomic E-state index is 0.149. The normalized spacial score (nSPS) is 11.7. The predicted molar refractivity (Wildman–Crippen MR) is 82.4 cm³/mol. The number of aromatic nitrogens is 4. The van der Waals surface area contributed by atoms with Crippen molar-refractivity contribution >= 4 is 5.97 Å². The SMILES string of the molecule is CCc1nn(Cc2ccc(-c3noc(C(F)(F)F)n3)cc2)cc1C(=O)O. The highest BCUT2D eigenvalue weighted by Crippen LogP contribution is 2.29. The second-order valence-corrected chi connectivity index (χ2v) is 5.46. The Bertz CT molecular complexity index is 929. The molecule has 2 aromatic heterocycles. The molecule has 0 saturated carbocycles. The first-order chi connectivity index (χ1) is 12.3. The highest BCUT2D eigenvalue weighted by atomic mass is 19.4. The van der Waals surface area contributed by atoms with E-state index in [1.54, 1.807) is 24.3 Å². The van der Waals surface area contributed by atoms with E-state index in [0.717, 1.165) is 5.56 Å². The minimum atomic E-state index is -4.69. The molecule has 0 unspecified atom stereocenters. The zero-order valence-electron chi connectivity index (χ0n) is 13.5. The molecule has 7 nitrogen and oxygen atoms in total. The van der Waals surface area contributed by atoms with Crippen LogP contribution in [0.25, 0.3) is 11.4 Å². The number of hydrogen-bond acceptors (Lipinski definition) is 5. The van der Waals surface area contributed by atoms with E-state index in [0.29, 0.717) is 24.2 Å². The molecule has 1 N–H and O–H groups in total. The number of carboxylic acid groups (broad SMARTS) is 1. The molecule has 2 heterocycles. The Kier molecular flexibility index (Phi) is 4.49. The lowest BCUT2D eigenvalue weighted by Crippen LogP contribution is -2.04. The Morgan fingerprint density at radius 2 is 1.96 bits per heavy atom. The van der Waals surface area contributed by atoms with Crippen molar-refractivity contribution in [3.8, 4) is 11.4 Å². The lowest BCUT2D eigenvalue weighted by atomic mass is 10.1. The lowest BCUT2D eigenvalue weighted by molar-refractivity contribution is -0.159. The number of hydrogen-bond donors (Lipinski definition) is 1. The van der Waals surface area contributed by atoms with E-state index in [1.807, 2.05) is 6.92 Å². The van der Waals surface area contributed by atoms with Gasteiger partial charge in [0.05, 0.1) is 12.2 Å². The van der Waals surface area contributed by atoms with Gasteiger partial charge in [-0.25, -0.2) is 4.79 Å². The molecular formula is C16H13F3N4O3. The topological polar surface area (TPSA) is 94.0 Å². The van der Waals surface area contributed by atoms with Gasteiger partial charge in [-0.2, -0.15) is 23.3 Å². The molecule has 0 aliphatic carbocycles. The molecule has 26 heavy (non-hydrogen) atoms. The summed E-state index contributed by atoms with van der Waals surface area (Å²) in [6.45, 7) is 2.13. The van der Waals surface area contributed by atoms with Crippen molar-refractivity contribution in [2.24, 2.45) is 0 Å². The van der Waals surface area contributed by atoms with Gasteiger partial charge in [0.1, 0.15) is 5.56 Å². The summed E-state index contributed by atoms with van der Waals surface area (Å²) in [5.74, 6) is -2.60. The fourth-order valence-electron chi connectivity index (χ4n) is 2.38. The fraction of sp³-hybridized carbons (Fsp3) is 0.250. The van der Waals surface area contributed by atoms with Gasteiger partial charge in [-0.1, -0.05) is 36.3 Å². The minimum Gasteiger partial charge on any atom is -0.478 e. The summed E-state index contributed by atoms with van der Waals surface area (Å²) < 4.78 is 43.2. The van der Waals surface area contributed by atoms with Crippen molar-refractivity contribution in [2.75, 3.05) is 0 Å². The second-order valence-electron chi connectivity index (χ2n) is 5.46. The van der Waals surface area contributed by atoms with Crippen LogP contribution >= 0.6 is 0 Å². The van der Waals surface area contributed by atoms with E-state index in [-0.39, 0.29) is 11.4 Å². The number of carboxylic acids is 1. The Labute approximate surface area is 145 Å². The molecule has 10 heteroatoms. The maximum Gasteiger partial charge on any atom is 0.471 e. The van der Waals surface area contributed by atoms with Gasteiger partial charge in [0.25, 0.3) is 0 Å². The predicted octanol–water partition coefficient (Wildman–Crippen LogP) is 3.26. The number of alkyl halides is 3. The highest BCUT2D eigenvalue weighted by molar-refractivity contribution is 5.88. The van der Waals surface area contributed by atoms with E-state index >= 15 is 0 Å². The van der Waals surface area contributed by atoms with Crippen molar-refractivity contribution in [1.29, 1.82) is 0 Å². The Balaban J connectivity index is 1.78. The van der Waals surface area contributed by atoms with E-state index in [4.69, 9.17) is 5.11 Å². The molecule has 0 spiro atoms. The van der Waals surface area contributed by atoms with Crippen molar-refractivity contribution in [3.05, 3.63) is 53.2 Å². The summed E-state index contributed by atoms with van der Waals surface area (Å²) in [4.78, 5) is 14.5. The van der Waals surface area contributed by atoms with Crippen LogP contribution in [0, 0.1) is 0 Å². The summed E-state index contributed by atoms with van der Waals surface area (Å²) >= 11 is 0. The molecule has 0 amide bonds. The zero-order valence-corrected chi connectivity index (χ0v) is 13.5. The van der Waals surface area contributed by atoms with E-state index < -0.39 is 18.0 Å². The van der Waals surface area contributed by atoms with E-state index in [1.165, 1.54) is 10.9 Å².